The van der Waals surface area contributed by atoms with E-state index in [0.29, 0.717) is 32.9 Å². The molecule has 0 unspecified atom stereocenters. The molecule has 1 saturated heterocycles. The summed E-state index contributed by atoms with van der Waals surface area (Å²) >= 11 is 1.58. The average molecular weight is 460 g/mol. The second kappa shape index (κ2) is 8.68. The van der Waals surface area contributed by atoms with Crippen LogP contribution < -0.4 is 9.80 Å². The summed E-state index contributed by atoms with van der Waals surface area (Å²) in [6.07, 6.45) is 2.35. The molecule has 2 aliphatic heterocycles. The van der Waals surface area contributed by atoms with Gasteiger partial charge in [-0.05, 0) is 19.4 Å². The zero-order valence-corrected chi connectivity index (χ0v) is 19.3. The van der Waals surface area contributed by atoms with Crippen LogP contribution in [0.5, 0.6) is 0 Å². The van der Waals surface area contributed by atoms with Gasteiger partial charge in [0.05, 0.1) is 48.9 Å². The zero-order chi connectivity index (χ0) is 22.3. The fourth-order valence-corrected chi connectivity index (χ4v) is 5.78. The maximum atomic E-state index is 9.53. The van der Waals surface area contributed by atoms with Gasteiger partial charge in [-0.15, -0.1) is 11.3 Å². The van der Waals surface area contributed by atoms with Crippen LogP contribution >= 0.6 is 11.3 Å². The highest BCUT2D eigenvalue weighted by molar-refractivity contribution is 7.26. The number of hydrogen-bond acceptors (Lipinski definition) is 10. The van der Waals surface area contributed by atoms with Gasteiger partial charge in [-0.3, -0.25) is 0 Å². The summed E-state index contributed by atoms with van der Waals surface area (Å²) in [7, 11) is 0. The Labute approximate surface area is 190 Å². The van der Waals surface area contributed by atoms with Crippen molar-refractivity contribution in [2.45, 2.75) is 32.5 Å². The highest BCUT2D eigenvalue weighted by atomic mass is 32.1. The van der Waals surface area contributed by atoms with Crippen LogP contribution in [0.15, 0.2) is 6.33 Å². The number of fused-ring (bicyclic) bond motifs is 5. The molecule has 0 atom stereocenters. The molecule has 3 aromatic heterocycles. The smallest absolute Gasteiger partial charge is 0.150 e. The van der Waals surface area contributed by atoms with E-state index >= 15 is 0 Å². The molecular weight excluding hydrogens is 430 g/mol. The average Bonchev–Trinajstić information content (AvgIpc) is 3.17. The summed E-state index contributed by atoms with van der Waals surface area (Å²) in [4.78, 5) is 19.4. The van der Waals surface area contributed by atoms with Gasteiger partial charge in [0.2, 0.25) is 0 Å². The number of nitrogens with zero attached hydrogens (tertiary/aromatic N) is 5. The fourth-order valence-electron chi connectivity index (χ4n) is 4.60. The monoisotopic (exact) mass is 459 g/mol. The van der Waals surface area contributed by atoms with Crippen LogP contribution in [-0.4, -0.2) is 83.4 Å². The van der Waals surface area contributed by atoms with E-state index in [1.165, 1.54) is 5.56 Å². The number of aliphatic hydroxyl groups is 2. The van der Waals surface area contributed by atoms with Gasteiger partial charge in [-0.2, -0.15) is 0 Å². The van der Waals surface area contributed by atoms with Crippen molar-refractivity contribution in [3.63, 3.8) is 0 Å². The summed E-state index contributed by atoms with van der Waals surface area (Å²) in [5, 5.41) is 20.1. The quantitative estimate of drug-likeness (QED) is 0.570. The van der Waals surface area contributed by atoms with E-state index in [9.17, 15) is 10.2 Å². The molecule has 10 heteroatoms. The number of aromatic nitrogens is 3. The van der Waals surface area contributed by atoms with E-state index < -0.39 is 0 Å². The van der Waals surface area contributed by atoms with Crippen molar-refractivity contribution in [1.29, 1.82) is 0 Å². The molecule has 172 valence electrons. The normalized spacial score (nSPS) is 18.3. The molecular formula is C22H29N5O4S. The highest BCUT2D eigenvalue weighted by Crippen LogP contribution is 2.44. The maximum absolute atomic E-state index is 9.53. The SMILES string of the molecule is CC1(C)Cc2c(c(N3CCOCC3)nc3sc4c(N(CCO)CCO)ncnc4c23)CO1. The largest absolute Gasteiger partial charge is 0.395 e. The van der Waals surface area contributed by atoms with Crippen LogP contribution in [0.25, 0.3) is 20.4 Å². The Morgan fingerprint density at radius 1 is 1.12 bits per heavy atom. The first kappa shape index (κ1) is 21.7. The lowest BCUT2D eigenvalue weighted by Crippen LogP contribution is -2.39. The molecule has 2 N–H and O–H groups in total. The Hall–Kier alpha value is -2.11. The molecule has 0 amide bonds. The van der Waals surface area contributed by atoms with E-state index in [1.54, 1.807) is 17.7 Å². The van der Waals surface area contributed by atoms with Gasteiger partial charge in [0, 0.05) is 43.5 Å². The number of aliphatic hydroxyl groups excluding tert-OH is 2. The lowest BCUT2D eigenvalue weighted by Gasteiger charge is -2.36. The molecule has 3 aromatic rings. The van der Waals surface area contributed by atoms with E-state index in [-0.39, 0.29) is 18.8 Å². The number of morpholine rings is 1. The summed E-state index contributed by atoms with van der Waals surface area (Å²) in [5.41, 5.74) is 3.00. The Kier molecular flexibility index (Phi) is 5.89. The van der Waals surface area contributed by atoms with Crippen LogP contribution in [0.2, 0.25) is 0 Å². The Morgan fingerprint density at radius 2 is 1.88 bits per heavy atom. The van der Waals surface area contributed by atoms with Crippen LogP contribution in [0.1, 0.15) is 25.0 Å². The molecule has 5 heterocycles. The molecule has 5 rings (SSSR count). The summed E-state index contributed by atoms with van der Waals surface area (Å²) in [6, 6.07) is 0. The Bertz CT molecular complexity index is 1120. The minimum absolute atomic E-state index is 0.0171. The van der Waals surface area contributed by atoms with Gasteiger partial charge in [-0.1, -0.05) is 0 Å². The first-order valence-corrected chi connectivity index (χ1v) is 11.9. The lowest BCUT2D eigenvalue weighted by molar-refractivity contribution is -0.0396. The van der Waals surface area contributed by atoms with E-state index in [4.69, 9.17) is 14.5 Å². The molecule has 1 fully saturated rings. The standard InChI is InChI=1S/C22H29N5O4S/c1-22(2)11-14-15(12-31-22)19(27-5-9-30-10-6-27)25-21-16(14)17-18(32-21)20(24-13-23-17)26(3-7-28)4-8-29/h13,28-29H,3-12H2,1-2H3. The molecule has 0 spiro atoms. The maximum Gasteiger partial charge on any atom is 0.150 e. The van der Waals surface area contributed by atoms with Gasteiger partial charge in [-0.25, -0.2) is 15.0 Å². The van der Waals surface area contributed by atoms with Crippen molar-refractivity contribution in [3.8, 4) is 0 Å². The van der Waals surface area contributed by atoms with Crippen LogP contribution in [0.3, 0.4) is 0 Å². The van der Waals surface area contributed by atoms with Crippen molar-refractivity contribution in [2.75, 3.05) is 62.4 Å². The Morgan fingerprint density at radius 3 is 2.59 bits per heavy atom. The molecule has 0 saturated carbocycles. The van der Waals surface area contributed by atoms with Crippen molar-refractivity contribution >= 4 is 43.4 Å². The predicted octanol–water partition coefficient (Wildman–Crippen LogP) is 1.72. The van der Waals surface area contributed by atoms with Crippen LogP contribution in [-0.2, 0) is 22.5 Å². The molecule has 0 aromatic carbocycles. The van der Waals surface area contributed by atoms with Crippen molar-refractivity contribution < 1.29 is 19.7 Å². The molecule has 0 radical (unpaired) electrons. The topological polar surface area (TPSA) is 104 Å². The van der Waals surface area contributed by atoms with E-state index in [1.807, 2.05) is 4.90 Å². The highest BCUT2D eigenvalue weighted by Gasteiger charge is 2.33. The van der Waals surface area contributed by atoms with Crippen molar-refractivity contribution in [3.05, 3.63) is 17.5 Å². The van der Waals surface area contributed by atoms with E-state index in [0.717, 1.165) is 57.1 Å². The zero-order valence-electron chi connectivity index (χ0n) is 18.5. The van der Waals surface area contributed by atoms with Crippen molar-refractivity contribution in [2.24, 2.45) is 0 Å². The van der Waals surface area contributed by atoms with Crippen LogP contribution in [0, 0.1) is 0 Å². The number of thiophene rings is 1. The fraction of sp³-hybridized carbons (Fsp3) is 0.591. The van der Waals surface area contributed by atoms with Gasteiger partial charge in [0.1, 0.15) is 22.8 Å². The number of ether oxygens (including phenoxy) is 2. The minimum atomic E-state index is -0.270. The first-order valence-electron chi connectivity index (χ1n) is 11.0. The molecule has 0 aliphatic carbocycles. The van der Waals surface area contributed by atoms with Gasteiger partial charge < -0.3 is 29.5 Å². The number of pyridine rings is 1. The number of anilines is 2. The third-order valence-corrected chi connectivity index (χ3v) is 7.21. The second-order valence-corrected chi connectivity index (χ2v) is 9.81. The summed E-state index contributed by atoms with van der Waals surface area (Å²) < 4.78 is 12.7. The summed E-state index contributed by atoms with van der Waals surface area (Å²) in [5.74, 6) is 1.71. The molecule has 0 bridgehead atoms. The third kappa shape index (κ3) is 3.80. The molecule has 32 heavy (non-hydrogen) atoms. The van der Waals surface area contributed by atoms with Gasteiger partial charge in [0.15, 0.2) is 0 Å². The first-order chi connectivity index (χ1) is 15.5. The predicted molar refractivity (Wildman–Crippen MR) is 125 cm³/mol. The van der Waals surface area contributed by atoms with E-state index in [2.05, 4.69) is 28.7 Å². The van der Waals surface area contributed by atoms with Gasteiger partial charge in [0.25, 0.3) is 0 Å². The molecule has 2 aliphatic rings. The second-order valence-electron chi connectivity index (χ2n) is 8.81. The minimum Gasteiger partial charge on any atom is -0.395 e. The molecule has 9 nitrogen and oxygen atoms in total. The Balaban J connectivity index is 1.75. The summed E-state index contributed by atoms with van der Waals surface area (Å²) in [6.45, 7) is 8.53. The lowest BCUT2D eigenvalue weighted by atomic mass is 9.90. The number of hydrogen-bond donors (Lipinski definition) is 2. The van der Waals surface area contributed by atoms with Gasteiger partial charge >= 0.3 is 0 Å². The number of rotatable bonds is 6. The van der Waals surface area contributed by atoms with Crippen molar-refractivity contribution in [1.82, 2.24) is 15.0 Å². The van der Waals surface area contributed by atoms with Crippen LogP contribution in [0.4, 0.5) is 11.6 Å². The third-order valence-electron chi connectivity index (χ3n) is 6.14.